The zero-order chi connectivity index (χ0) is 20.2. The third-order valence-corrected chi connectivity index (χ3v) is 6.78. The van der Waals surface area contributed by atoms with Crippen LogP contribution in [0.4, 0.5) is 0 Å². The lowest BCUT2D eigenvalue weighted by Gasteiger charge is -2.24. The lowest BCUT2D eigenvalue weighted by atomic mass is 10.1. The topological polar surface area (TPSA) is 70.9 Å². The average Bonchev–Trinajstić information content (AvgIpc) is 3.48. The number of thiophene rings is 1. The lowest BCUT2D eigenvalue weighted by Crippen LogP contribution is -3.11. The van der Waals surface area contributed by atoms with Gasteiger partial charge in [0.15, 0.2) is 0 Å². The highest BCUT2D eigenvalue weighted by molar-refractivity contribution is 7.10. The highest BCUT2D eigenvalue weighted by Crippen LogP contribution is 2.22. The molecule has 29 heavy (non-hydrogen) atoms. The second-order valence-electron chi connectivity index (χ2n) is 7.65. The minimum Gasteiger partial charge on any atom is -0.350 e. The molecule has 1 fully saturated rings. The number of rotatable bonds is 8. The normalized spacial score (nSPS) is 17.6. The minimum atomic E-state index is -0.263. The van der Waals surface area contributed by atoms with Gasteiger partial charge in [-0.05, 0) is 30.0 Å². The summed E-state index contributed by atoms with van der Waals surface area (Å²) >= 11 is 1.74. The van der Waals surface area contributed by atoms with Gasteiger partial charge in [0.1, 0.15) is 6.04 Å². The molecule has 6 nitrogen and oxygen atoms in total. The third-order valence-electron chi connectivity index (χ3n) is 5.79. The minimum absolute atomic E-state index is 0.0261. The quantitative estimate of drug-likeness (QED) is 0.648. The standard InChI is InChI=1S/C22H25N3O3S/c26-20(23-15-18(19-9-6-14-29-19)24-11-3-4-12-24)10-5-13-25-21(27)16-7-1-2-8-17(16)22(25)28/h1-2,6-9,14,18H,3-5,10-13,15H2,(H,23,26)/p+1/t18-/m1/s1. The van der Waals surface area contributed by atoms with Crippen molar-refractivity contribution < 1.29 is 19.3 Å². The summed E-state index contributed by atoms with van der Waals surface area (Å²) in [5.74, 6) is -0.551. The largest absolute Gasteiger partial charge is 0.350 e. The highest BCUT2D eigenvalue weighted by Gasteiger charge is 2.34. The maximum atomic E-state index is 12.4. The van der Waals surface area contributed by atoms with E-state index in [1.807, 2.05) is 0 Å². The molecule has 4 rings (SSSR count). The molecule has 2 N–H and O–H groups in total. The Morgan fingerprint density at radius 1 is 1.07 bits per heavy atom. The van der Waals surface area contributed by atoms with Crippen LogP contribution in [0.2, 0.25) is 0 Å². The van der Waals surface area contributed by atoms with Crippen molar-refractivity contribution >= 4 is 29.1 Å². The van der Waals surface area contributed by atoms with E-state index in [9.17, 15) is 14.4 Å². The molecule has 2 aliphatic heterocycles. The number of carbonyl (C=O) groups is 3. The van der Waals surface area contributed by atoms with E-state index in [1.54, 1.807) is 40.5 Å². The number of benzene rings is 1. The van der Waals surface area contributed by atoms with Crippen molar-refractivity contribution in [3.05, 3.63) is 57.8 Å². The van der Waals surface area contributed by atoms with E-state index in [0.29, 0.717) is 36.6 Å². The molecule has 0 bridgehead atoms. The van der Waals surface area contributed by atoms with Crippen LogP contribution < -0.4 is 10.2 Å². The molecule has 7 heteroatoms. The van der Waals surface area contributed by atoms with E-state index in [1.165, 1.54) is 22.6 Å². The molecule has 0 unspecified atom stereocenters. The van der Waals surface area contributed by atoms with Crippen molar-refractivity contribution in [3.63, 3.8) is 0 Å². The van der Waals surface area contributed by atoms with Crippen molar-refractivity contribution in [3.8, 4) is 0 Å². The van der Waals surface area contributed by atoms with Crippen molar-refractivity contribution in [1.29, 1.82) is 0 Å². The Balaban J connectivity index is 1.26. The SMILES string of the molecule is O=C(CCCN1C(=O)c2ccccc2C1=O)NC[C@H](c1cccs1)[NH+]1CCCC1. The number of nitrogens with one attached hydrogen (secondary N) is 2. The van der Waals surface area contributed by atoms with E-state index >= 15 is 0 Å². The van der Waals surface area contributed by atoms with Crippen LogP contribution in [0.1, 0.15) is 57.3 Å². The van der Waals surface area contributed by atoms with E-state index in [4.69, 9.17) is 0 Å². The molecule has 1 atom stereocenters. The first kappa shape index (κ1) is 19.8. The van der Waals surface area contributed by atoms with Crippen molar-refractivity contribution in [2.24, 2.45) is 0 Å². The Morgan fingerprint density at radius 2 is 1.76 bits per heavy atom. The summed E-state index contributed by atoms with van der Waals surface area (Å²) in [5, 5.41) is 5.16. The first-order chi connectivity index (χ1) is 14.1. The van der Waals surface area contributed by atoms with Gasteiger partial charge >= 0.3 is 0 Å². The van der Waals surface area contributed by atoms with E-state index in [-0.39, 0.29) is 24.3 Å². The summed E-state index contributed by atoms with van der Waals surface area (Å²) < 4.78 is 0. The molecule has 1 aromatic heterocycles. The van der Waals surface area contributed by atoms with Gasteiger partial charge in [-0.3, -0.25) is 19.3 Å². The fourth-order valence-electron chi connectivity index (χ4n) is 4.26. The Kier molecular flexibility index (Phi) is 6.06. The smallest absolute Gasteiger partial charge is 0.261 e. The van der Waals surface area contributed by atoms with Gasteiger partial charge in [-0.1, -0.05) is 18.2 Å². The predicted molar refractivity (Wildman–Crippen MR) is 111 cm³/mol. The van der Waals surface area contributed by atoms with Gasteiger partial charge in [0, 0.05) is 25.8 Å². The maximum Gasteiger partial charge on any atom is 0.261 e. The van der Waals surface area contributed by atoms with Crippen molar-refractivity contribution in [2.45, 2.75) is 31.7 Å². The third kappa shape index (κ3) is 4.26. The lowest BCUT2D eigenvalue weighted by molar-refractivity contribution is -0.918. The molecule has 2 aliphatic rings. The number of quaternary nitrogens is 1. The van der Waals surface area contributed by atoms with Gasteiger partial charge in [-0.15, -0.1) is 11.3 Å². The molecule has 0 aliphatic carbocycles. The van der Waals surface area contributed by atoms with Crippen LogP contribution in [0, 0.1) is 0 Å². The number of hydrogen-bond acceptors (Lipinski definition) is 4. The summed E-state index contributed by atoms with van der Waals surface area (Å²) in [6.45, 7) is 3.20. The molecule has 0 spiro atoms. The number of nitrogens with zero attached hydrogens (tertiary/aromatic N) is 1. The second-order valence-corrected chi connectivity index (χ2v) is 8.63. The average molecular weight is 413 g/mol. The van der Waals surface area contributed by atoms with Crippen molar-refractivity contribution in [2.75, 3.05) is 26.2 Å². The second kappa shape index (κ2) is 8.88. The van der Waals surface area contributed by atoms with E-state index in [0.717, 1.165) is 13.1 Å². The van der Waals surface area contributed by atoms with Crippen LogP contribution in [-0.4, -0.2) is 48.8 Å². The Hall–Kier alpha value is -2.51. The molecular weight excluding hydrogens is 386 g/mol. The van der Waals surface area contributed by atoms with Gasteiger partial charge in [0.25, 0.3) is 11.8 Å². The molecule has 2 aromatic rings. The Bertz CT molecular complexity index is 855. The van der Waals surface area contributed by atoms with Gasteiger partial charge in [0.05, 0.1) is 35.6 Å². The zero-order valence-electron chi connectivity index (χ0n) is 16.4. The predicted octanol–water partition coefficient (Wildman–Crippen LogP) is 1.66. The number of amides is 3. The molecular formula is C22H26N3O3S+. The Labute approximate surface area is 174 Å². The van der Waals surface area contributed by atoms with Gasteiger partial charge in [-0.25, -0.2) is 0 Å². The first-order valence-electron chi connectivity index (χ1n) is 10.2. The number of carbonyl (C=O) groups excluding carboxylic acids is 3. The molecule has 3 heterocycles. The number of fused-ring (bicyclic) bond motifs is 1. The summed E-state index contributed by atoms with van der Waals surface area (Å²) in [6, 6.07) is 11.4. The number of hydrogen-bond donors (Lipinski definition) is 2. The van der Waals surface area contributed by atoms with Crippen LogP contribution in [0.25, 0.3) is 0 Å². The van der Waals surface area contributed by atoms with Crippen LogP contribution in [0.5, 0.6) is 0 Å². The Morgan fingerprint density at radius 3 is 2.38 bits per heavy atom. The van der Waals surface area contributed by atoms with Crippen molar-refractivity contribution in [1.82, 2.24) is 10.2 Å². The van der Waals surface area contributed by atoms with E-state index < -0.39 is 0 Å². The fourth-order valence-corrected chi connectivity index (χ4v) is 5.14. The summed E-state index contributed by atoms with van der Waals surface area (Å²) in [4.78, 5) is 41.2. The van der Waals surface area contributed by atoms with Crippen LogP contribution in [0.3, 0.4) is 0 Å². The fraction of sp³-hybridized carbons (Fsp3) is 0.409. The van der Waals surface area contributed by atoms with Gasteiger partial charge in [-0.2, -0.15) is 0 Å². The number of likely N-dealkylation sites (tertiary alicyclic amines) is 1. The molecule has 1 saturated heterocycles. The molecule has 0 saturated carbocycles. The summed E-state index contributed by atoms with van der Waals surface area (Å²) in [6.07, 6.45) is 3.26. The molecule has 0 radical (unpaired) electrons. The summed E-state index contributed by atoms with van der Waals surface area (Å²) in [5.41, 5.74) is 0.906. The highest BCUT2D eigenvalue weighted by atomic mass is 32.1. The zero-order valence-corrected chi connectivity index (χ0v) is 17.2. The number of imide groups is 1. The molecule has 3 amide bonds. The van der Waals surface area contributed by atoms with Gasteiger partial charge in [0.2, 0.25) is 5.91 Å². The molecule has 152 valence electrons. The summed E-state index contributed by atoms with van der Waals surface area (Å²) in [7, 11) is 0. The van der Waals surface area contributed by atoms with E-state index in [2.05, 4.69) is 22.8 Å². The first-order valence-corrected chi connectivity index (χ1v) is 11.1. The van der Waals surface area contributed by atoms with Crippen LogP contribution in [0.15, 0.2) is 41.8 Å². The maximum absolute atomic E-state index is 12.4. The van der Waals surface area contributed by atoms with Crippen LogP contribution >= 0.6 is 11.3 Å². The monoisotopic (exact) mass is 412 g/mol. The van der Waals surface area contributed by atoms with Crippen LogP contribution in [-0.2, 0) is 4.79 Å². The van der Waals surface area contributed by atoms with Gasteiger partial charge < -0.3 is 10.2 Å². The molecule has 1 aromatic carbocycles.